The summed E-state index contributed by atoms with van der Waals surface area (Å²) in [5.74, 6) is -0.554. The van der Waals surface area contributed by atoms with Gasteiger partial charge in [0.05, 0.1) is 25.2 Å². The van der Waals surface area contributed by atoms with Crippen LogP contribution in [0.3, 0.4) is 0 Å². The zero-order valence-corrected chi connectivity index (χ0v) is 44.3. The van der Waals surface area contributed by atoms with Crippen LogP contribution in [-0.2, 0) is 14.3 Å². The third-order valence-electron chi connectivity index (χ3n) is 12.8. The molecule has 0 heterocycles. The number of allylic oxidation sites excluding steroid dienone is 12. The predicted octanol–water partition coefficient (Wildman–Crippen LogP) is 17.7. The van der Waals surface area contributed by atoms with Crippen LogP contribution in [0.2, 0.25) is 0 Å². The fourth-order valence-electron chi connectivity index (χ4n) is 8.41. The van der Waals surface area contributed by atoms with Crippen molar-refractivity contribution in [2.24, 2.45) is 0 Å². The Morgan fingerprint density at radius 2 is 0.821 bits per heavy atom. The molecule has 0 radical (unpaired) electrons. The molecule has 388 valence electrons. The van der Waals surface area contributed by atoms with Crippen LogP contribution in [0, 0.1) is 0 Å². The molecule has 0 spiro atoms. The van der Waals surface area contributed by atoms with Crippen molar-refractivity contribution in [1.29, 1.82) is 0 Å². The molecule has 1 amide bonds. The fraction of sp³-hybridized carbons (Fsp3) is 0.770. The zero-order chi connectivity index (χ0) is 48.8. The summed E-state index contributed by atoms with van der Waals surface area (Å²) in [6.45, 7) is 6.45. The van der Waals surface area contributed by atoms with E-state index in [1.54, 1.807) is 0 Å². The first-order valence-electron chi connectivity index (χ1n) is 28.7. The predicted molar refractivity (Wildman–Crippen MR) is 291 cm³/mol. The van der Waals surface area contributed by atoms with E-state index in [-0.39, 0.29) is 24.9 Å². The third kappa shape index (κ3) is 49.5. The second-order valence-electron chi connectivity index (χ2n) is 19.4. The quantitative estimate of drug-likeness (QED) is 0.0244. The van der Waals surface area contributed by atoms with Crippen LogP contribution < -0.4 is 5.32 Å². The van der Waals surface area contributed by atoms with Gasteiger partial charge < -0.3 is 20.3 Å². The van der Waals surface area contributed by atoms with Crippen LogP contribution >= 0.6 is 0 Å². The summed E-state index contributed by atoms with van der Waals surface area (Å²) >= 11 is 0. The number of rotatable bonds is 51. The first kappa shape index (κ1) is 64.3. The molecular formula is C61H109NO5. The minimum Gasteiger partial charge on any atom is -0.462 e. The smallest absolute Gasteiger partial charge is 0.306 e. The molecule has 0 aliphatic carbocycles. The average molecular weight is 937 g/mol. The van der Waals surface area contributed by atoms with Crippen molar-refractivity contribution in [3.8, 4) is 0 Å². The van der Waals surface area contributed by atoms with Crippen LogP contribution in [-0.4, -0.2) is 46.9 Å². The molecule has 3 unspecified atom stereocenters. The Labute approximate surface area is 415 Å². The maximum Gasteiger partial charge on any atom is 0.306 e. The maximum atomic E-state index is 13.2. The number of amides is 1. The molecule has 0 aliphatic heterocycles. The summed E-state index contributed by atoms with van der Waals surface area (Å²) in [6, 6.07) is -0.726. The van der Waals surface area contributed by atoms with Crippen LogP contribution in [0.25, 0.3) is 0 Å². The molecular weight excluding hydrogens is 827 g/mol. The second kappa shape index (κ2) is 54.2. The van der Waals surface area contributed by atoms with Gasteiger partial charge in [0.1, 0.15) is 6.10 Å². The summed E-state index contributed by atoms with van der Waals surface area (Å²) in [5, 5.41) is 23.8. The Bertz CT molecular complexity index is 1230. The topological polar surface area (TPSA) is 95.9 Å². The van der Waals surface area contributed by atoms with Crippen LogP contribution in [0.4, 0.5) is 0 Å². The van der Waals surface area contributed by atoms with E-state index in [9.17, 15) is 19.8 Å². The first-order valence-corrected chi connectivity index (χ1v) is 28.7. The molecule has 0 aliphatic rings. The van der Waals surface area contributed by atoms with Gasteiger partial charge in [-0.15, -0.1) is 0 Å². The van der Waals surface area contributed by atoms with Crippen molar-refractivity contribution < 1.29 is 24.5 Å². The highest BCUT2D eigenvalue weighted by atomic mass is 16.5. The van der Waals surface area contributed by atoms with E-state index in [1.165, 1.54) is 148 Å². The summed E-state index contributed by atoms with van der Waals surface area (Å²) < 4.78 is 5.92. The highest BCUT2D eigenvalue weighted by molar-refractivity contribution is 5.77. The fourth-order valence-corrected chi connectivity index (χ4v) is 8.41. The number of ether oxygens (including phenoxy) is 1. The molecule has 6 nitrogen and oxygen atoms in total. The highest BCUT2D eigenvalue weighted by Gasteiger charge is 2.24. The van der Waals surface area contributed by atoms with Gasteiger partial charge in [-0.3, -0.25) is 9.59 Å². The van der Waals surface area contributed by atoms with Gasteiger partial charge in [0.15, 0.2) is 0 Å². The van der Waals surface area contributed by atoms with Crippen LogP contribution in [0.1, 0.15) is 278 Å². The Morgan fingerprint density at radius 1 is 0.448 bits per heavy atom. The molecule has 3 atom stereocenters. The zero-order valence-electron chi connectivity index (χ0n) is 44.3. The van der Waals surface area contributed by atoms with E-state index in [1.807, 2.05) is 0 Å². The van der Waals surface area contributed by atoms with E-state index in [0.717, 1.165) is 83.5 Å². The lowest BCUT2D eigenvalue weighted by Crippen LogP contribution is -2.46. The largest absolute Gasteiger partial charge is 0.462 e. The number of aliphatic hydroxyl groups excluding tert-OH is 2. The van der Waals surface area contributed by atoms with Gasteiger partial charge in [-0.2, -0.15) is 0 Å². The summed E-state index contributed by atoms with van der Waals surface area (Å²) in [6.07, 6.45) is 69.7. The summed E-state index contributed by atoms with van der Waals surface area (Å²) in [4.78, 5) is 26.2. The maximum absolute atomic E-state index is 13.2. The summed E-state index contributed by atoms with van der Waals surface area (Å²) in [5.41, 5.74) is 0. The van der Waals surface area contributed by atoms with Crippen molar-refractivity contribution >= 4 is 11.9 Å². The molecule has 67 heavy (non-hydrogen) atoms. The monoisotopic (exact) mass is 936 g/mol. The Hall–Kier alpha value is -2.70. The number of nitrogens with one attached hydrogen (secondary N) is 1. The Kier molecular flexibility index (Phi) is 52.1. The lowest BCUT2D eigenvalue weighted by Gasteiger charge is -2.24. The first-order chi connectivity index (χ1) is 33.0. The molecule has 0 rings (SSSR count). The minimum atomic E-state index is -0.808. The number of aliphatic hydroxyl groups is 2. The number of carbonyl (C=O) groups excluding carboxylic acids is 2. The number of esters is 1. The molecule has 0 aromatic heterocycles. The minimum absolute atomic E-state index is 0.0298. The van der Waals surface area contributed by atoms with Gasteiger partial charge in [-0.1, -0.05) is 248 Å². The van der Waals surface area contributed by atoms with Crippen molar-refractivity contribution in [3.05, 3.63) is 72.9 Å². The highest BCUT2D eigenvalue weighted by Crippen LogP contribution is 2.17. The molecule has 0 bridgehead atoms. The van der Waals surface area contributed by atoms with Gasteiger partial charge in [-0.25, -0.2) is 0 Å². The van der Waals surface area contributed by atoms with Crippen molar-refractivity contribution in [1.82, 2.24) is 5.32 Å². The number of unbranched alkanes of at least 4 members (excludes halogenated alkanes) is 28. The second-order valence-corrected chi connectivity index (χ2v) is 19.4. The summed E-state index contributed by atoms with van der Waals surface area (Å²) in [7, 11) is 0. The van der Waals surface area contributed by atoms with Crippen molar-refractivity contribution in [3.63, 3.8) is 0 Å². The lowest BCUT2D eigenvalue weighted by atomic mass is 10.0. The van der Waals surface area contributed by atoms with E-state index >= 15 is 0 Å². The molecule has 0 aromatic carbocycles. The van der Waals surface area contributed by atoms with E-state index in [0.29, 0.717) is 19.3 Å². The number of hydrogen-bond acceptors (Lipinski definition) is 5. The number of hydrogen-bond donors (Lipinski definition) is 3. The van der Waals surface area contributed by atoms with Gasteiger partial charge in [0.2, 0.25) is 5.91 Å². The normalized spacial score (nSPS) is 13.7. The van der Waals surface area contributed by atoms with Gasteiger partial charge >= 0.3 is 5.97 Å². The SMILES string of the molecule is CCCCC/C=C\C/C=C\C/C=C\C/C=C\CCCCCC(=O)OC(CCC/C=C/C=C/CCCCCCCCC)CC(=O)NC(CO)C(O)CCCCCCCCCCCCCCCCC. The van der Waals surface area contributed by atoms with E-state index in [4.69, 9.17) is 4.74 Å². The molecule has 0 aromatic rings. The molecule has 6 heteroatoms. The van der Waals surface area contributed by atoms with Gasteiger partial charge in [0.25, 0.3) is 0 Å². The molecule has 0 saturated heterocycles. The Morgan fingerprint density at radius 3 is 1.30 bits per heavy atom. The lowest BCUT2D eigenvalue weighted by molar-refractivity contribution is -0.151. The van der Waals surface area contributed by atoms with E-state index < -0.39 is 18.2 Å². The van der Waals surface area contributed by atoms with Crippen LogP contribution in [0.15, 0.2) is 72.9 Å². The van der Waals surface area contributed by atoms with Crippen LogP contribution in [0.5, 0.6) is 0 Å². The van der Waals surface area contributed by atoms with E-state index in [2.05, 4.69) is 99.0 Å². The van der Waals surface area contributed by atoms with Crippen molar-refractivity contribution in [2.45, 2.75) is 296 Å². The molecule has 0 saturated carbocycles. The Balaban J connectivity index is 4.66. The standard InChI is InChI=1S/C61H109NO5/c1-4-7-10-13-16-19-22-25-28-29-30-31-33-36-39-42-45-48-51-54-61(66)67-57(52-49-46-43-40-37-34-27-24-21-18-15-12-9-6-3)55-60(65)62-58(56-63)59(64)53-50-47-44-41-38-35-32-26-23-20-17-14-11-8-5-2/h16,19,25,28,30-31,34,36-37,39-40,43,57-59,63-64H,4-15,17-18,20-24,26-27,29,32-33,35,38,41-42,44-56H2,1-3H3,(H,62,65)/b19-16-,28-25-,31-30-,37-34+,39-36-,43-40+. The molecule has 3 N–H and O–H groups in total. The van der Waals surface area contributed by atoms with Gasteiger partial charge in [-0.05, 0) is 89.9 Å². The van der Waals surface area contributed by atoms with Crippen molar-refractivity contribution in [2.75, 3.05) is 6.61 Å². The third-order valence-corrected chi connectivity index (χ3v) is 12.8. The number of carbonyl (C=O) groups is 2. The van der Waals surface area contributed by atoms with Gasteiger partial charge in [0, 0.05) is 6.42 Å². The average Bonchev–Trinajstić information content (AvgIpc) is 3.32. The molecule has 0 fully saturated rings.